The summed E-state index contributed by atoms with van der Waals surface area (Å²) in [6.45, 7) is 0. The van der Waals surface area contributed by atoms with Crippen LogP contribution in [0.1, 0.15) is 35.6 Å². The van der Waals surface area contributed by atoms with Gasteiger partial charge in [-0.1, -0.05) is 0 Å². The van der Waals surface area contributed by atoms with Gasteiger partial charge in [0.2, 0.25) is 5.91 Å². The number of aryl methyl sites for hydroxylation is 1. The van der Waals surface area contributed by atoms with Crippen molar-refractivity contribution >= 4 is 29.2 Å². The number of methoxy groups -OCH3 is 1. The molecule has 1 aliphatic carbocycles. The fraction of sp³-hybridized carbons (Fsp3) is 0.500. The number of rotatable bonds is 5. The van der Waals surface area contributed by atoms with Gasteiger partial charge < -0.3 is 15.2 Å². The van der Waals surface area contributed by atoms with Crippen LogP contribution >= 0.6 is 11.3 Å². The second-order valence-electron chi connectivity index (χ2n) is 4.92. The van der Waals surface area contributed by atoms with Crippen molar-refractivity contribution in [3.63, 3.8) is 0 Å². The Morgan fingerprint density at radius 1 is 1.52 bits per heavy atom. The van der Waals surface area contributed by atoms with E-state index in [4.69, 9.17) is 5.11 Å². The molecule has 0 spiro atoms. The van der Waals surface area contributed by atoms with Crippen LogP contribution in [0.15, 0.2) is 11.4 Å². The lowest BCUT2D eigenvalue weighted by molar-refractivity contribution is -0.148. The highest BCUT2D eigenvalue weighted by Crippen LogP contribution is 2.35. The Morgan fingerprint density at radius 2 is 2.29 bits per heavy atom. The first-order chi connectivity index (χ1) is 10.0. The Morgan fingerprint density at radius 3 is 2.95 bits per heavy atom. The predicted molar refractivity (Wildman–Crippen MR) is 76.2 cm³/mol. The maximum absolute atomic E-state index is 12.3. The van der Waals surface area contributed by atoms with Gasteiger partial charge in [-0.2, -0.15) is 0 Å². The number of fused-ring (bicyclic) bond motifs is 1. The Kier molecular flexibility index (Phi) is 4.95. The van der Waals surface area contributed by atoms with E-state index in [0.717, 1.165) is 18.4 Å². The van der Waals surface area contributed by atoms with Gasteiger partial charge in [-0.3, -0.25) is 9.59 Å². The normalized spacial score (nSPS) is 18.4. The molecule has 1 amide bonds. The zero-order valence-electron chi connectivity index (χ0n) is 11.6. The summed E-state index contributed by atoms with van der Waals surface area (Å²) in [7, 11) is 1.18. The SMILES string of the molecule is COC(=O)C[C@H](NC(=O)C1CCCc2sccc21)C(=O)O. The lowest BCUT2D eigenvalue weighted by Crippen LogP contribution is -2.44. The van der Waals surface area contributed by atoms with E-state index in [1.165, 1.54) is 12.0 Å². The fourth-order valence-electron chi connectivity index (χ4n) is 2.48. The highest BCUT2D eigenvalue weighted by Gasteiger charge is 2.31. The summed E-state index contributed by atoms with van der Waals surface area (Å²) in [5, 5.41) is 13.5. The number of aliphatic carboxylic acids is 1. The number of hydrogen-bond acceptors (Lipinski definition) is 5. The number of amides is 1. The van der Waals surface area contributed by atoms with Crippen LogP contribution in [0.4, 0.5) is 0 Å². The smallest absolute Gasteiger partial charge is 0.326 e. The van der Waals surface area contributed by atoms with Crippen molar-refractivity contribution in [2.75, 3.05) is 7.11 Å². The molecular formula is C14H17NO5S. The largest absolute Gasteiger partial charge is 0.480 e. The Labute approximate surface area is 126 Å². The topological polar surface area (TPSA) is 92.7 Å². The molecule has 21 heavy (non-hydrogen) atoms. The summed E-state index contributed by atoms with van der Waals surface area (Å²) in [6.07, 6.45) is 2.18. The van der Waals surface area contributed by atoms with E-state index in [1.807, 2.05) is 11.4 Å². The minimum Gasteiger partial charge on any atom is -0.480 e. The van der Waals surface area contributed by atoms with Gasteiger partial charge in [0, 0.05) is 4.88 Å². The first-order valence-electron chi connectivity index (χ1n) is 6.69. The number of nitrogens with one attached hydrogen (secondary N) is 1. The molecule has 1 aliphatic rings. The third-order valence-corrected chi connectivity index (χ3v) is 4.58. The molecule has 1 heterocycles. The van der Waals surface area contributed by atoms with E-state index in [9.17, 15) is 14.4 Å². The second kappa shape index (κ2) is 6.71. The molecule has 0 aromatic carbocycles. The lowest BCUT2D eigenvalue weighted by Gasteiger charge is -2.23. The quantitative estimate of drug-likeness (QED) is 0.800. The molecule has 1 unspecified atom stereocenters. The fourth-order valence-corrected chi connectivity index (χ4v) is 3.47. The van der Waals surface area contributed by atoms with Crippen molar-refractivity contribution < 1.29 is 24.2 Å². The molecule has 6 nitrogen and oxygen atoms in total. The zero-order chi connectivity index (χ0) is 15.4. The molecule has 0 radical (unpaired) electrons. The van der Waals surface area contributed by atoms with Crippen molar-refractivity contribution in [1.29, 1.82) is 0 Å². The van der Waals surface area contributed by atoms with E-state index in [1.54, 1.807) is 11.3 Å². The minimum atomic E-state index is -1.26. The Bertz CT molecular complexity index is 553. The van der Waals surface area contributed by atoms with Crippen LogP contribution in [0.5, 0.6) is 0 Å². The van der Waals surface area contributed by atoms with Crippen LogP contribution in [0.25, 0.3) is 0 Å². The van der Waals surface area contributed by atoms with E-state index in [2.05, 4.69) is 10.1 Å². The van der Waals surface area contributed by atoms with Gasteiger partial charge in [0.05, 0.1) is 19.4 Å². The number of hydrogen-bond donors (Lipinski definition) is 2. The van der Waals surface area contributed by atoms with Crippen molar-refractivity contribution in [2.24, 2.45) is 0 Å². The van der Waals surface area contributed by atoms with Gasteiger partial charge in [-0.25, -0.2) is 4.79 Å². The first kappa shape index (κ1) is 15.5. The molecule has 0 saturated carbocycles. The van der Waals surface area contributed by atoms with E-state index < -0.39 is 18.0 Å². The highest BCUT2D eigenvalue weighted by molar-refractivity contribution is 7.10. The number of ether oxygens (including phenoxy) is 1. The van der Waals surface area contributed by atoms with Crippen LogP contribution in [-0.4, -0.2) is 36.1 Å². The van der Waals surface area contributed by atoms with Crippen molar-refractivity contribution in [1.82, 2.24) is 5.32 Å². The molecule has 2 atom stereocenters. The standard InChI is InChI=1S/C14H17NO5S/c1-20-12(16)7-10(14(18)19)15-13(17)9-3-2-4-11-8(9)5-6-21-11/h5-6,9-10H,2-4,7H2,1H3,(H,15,17)(H,18,19)/t9?,10-/m0/s1. The number of carbonyl (C=O) groups excluding carboxylic acids is 2. The molecular weight excluding hydrogens is 294 g/mol. The molecule has 0 saturated heterocycles. The van der Waals surface area contributed by atoms with Crippen LogP contribution in [-0.2, 0) is 25.5 Å². The van der Waals surface area contributed by atoms with Gasteiger partial charge in [0.15, 0.2) is 0 Å². The summed E-state index contributed by atoms with van der Waals surface area (Å²) in [6, 6.07) is 0.661. The number of thiophene rings is 1. The van der Waals surface area contributed by atoms with Crippen LogP contribution in [0.2, 0.25) is 0 Å². The molecule has 1 aromatic heterocycles. The van der Waals surface area contributed by atoms with Crippen LogP contribution in [0.3, 0.4) is 0 Å². The van der Waals surface area contributed by atoms with Gasteiger partial charge in [-0.15, -0.1) is 11.3 Å². The molecule has 114 valence electrons. The van der Waals surface area contributed by atoms with Crippen LogP contribution < -0.4 is 5.32 Å². The minimum absolute atomic E-state index is 0.334. The van der Waals surface area contributed by atoms with Gasteiger partial charge in [0.25, 0.3) is 0 Å². The first-order valence-corrected chi connectivity index (χ1v) is 7.57. The van der Waals surface area contributed by atoms with E-state index in [-0.39, 0.29) is 18.2 Å². The van der Waals surface area contributed by atoms with Gasteiger partial charge >= 0.3 is 11.9 Å². The van der Waals surface area contributed by atoms with Crippen molar-refractivity contribution in [3.8, 4) is 0 Å². The lowest BCUT2D eigenvalue weighted by atomic mass is 9.87. The second-order valence-corrected chi connectivity index (χ2v) is 5.92. The van der Waals surface area contributed by atoms with Gasteiger partial charge in [0.1, 0.15) is 6.04 Å². The average Bonchev–Trinajstić information content (AvgIpc) is 2.94. The molecule has 0 bridgehead atoms. The molecule has 1 aromatic rings. The number of carboxylic acid groups (broad SMARTS) is 1. The number of esters is 1. The summed E-state index contributed by atoms with van der Waals surface area (Å²) < 4.78 is 4.45. The van der Waals surface area contributed by atoms with E-state index in [0.29, 0.717) is 6.42 Å². The summed E-state index contributed by atoms with van der Waals surface area (Å²) in [5.41, 5.74) is 0.978. The summed E-state index contributed by atoms with van der Waals surface area (Å²) in [4.78, 5) is 35.9. The average molecular weight is 311 g/mol. The van der Waals surface area contributed by atoms with Gasteiger partial charge in [-0.05, 0) is 36.3 Å². The Balaban J connectivity index is 2.07. The van der Waals surface area contributed by atoms with E-state index >= 15 is 0 Å². The summed E-state index contributed by atoms with van der Waals surface area (Å²) in [5.74, 6) is -2.58. The third kappa shape index (κ3) is 3.60. The molecule has 2 rings (SSSR count). The van der Waals surface area contributed by atoms with Crippen molar-refractivity contribution in [3.05, 3.63) is 21.9 Å². The predicted octanol–water partition coefficient (Wildman–Crippen LogP) is 1.30. The monoisotopic (exact) mass is 311 g/mol. The third-order valence-electron chi connectivity index (χ3n) is 3.58. The maximum atomic E-state index is 12.3. The number of carbonyl (C=O) groups is 3. The highest BCUT2D eigenvalue weighted by atomic mass is 32.1. The Hall–Kier alpha value is -1.89. The zero-order valence-corrected chi connectivity index (χ0v) is 12.4. The van der Waals surface area contributed by atoms with Crippen LogP contribution in [0, 0.1) is 0 Å². The molecule has 0 fully saturated rings. The molecule has 0 aliphatic heterocycles. The van der Waals surface area contributed by atoms with Crippen molar-refractivity contribution in [2.45, 2.75) is 37.6 Å². The molecule has 2 N–H and O–H groups in total. The number of carboxylic acids is 1. The maximum Gasteiger partial charge on any atom is 0.326 e. The summed E-state index contributed by atoms with van der Waals surface area (Å²) >= 11 is 1.62. The molecule has 7 heteroatoms.